The van der Waals surface area contributed by atoms with Crippen molar-refractivity contribution in [2.45, 2.75) is 19.2 Å². The van der Waals surface area contributed by atoms with Gasteiger partial charge in [-0.25, -0.2) is 0 Å². The lowest BCUT2D eigenvalue weighted by Gasteiger charge is -2.31. The maximum absolute atomic E-state index is 12.1. The average molecular weight is 303 g/mol. The average Bonchev–Trinajstić information content (AvgIpc) is 2.23. The lowest BCUT2D eigenvalue weighted by Crippen LogP contribution is -2.41. The molecule has 2 atom stereocenters. The van der Waals surface area contributed by atoms with Gasteiger partial charge < -0.3 is 15.2 Å². The lowest BCUT2D eigenvalue weighted by molar-refractivity contribution is -0.274. The molecule has 114 valence electrons. The van der Waals surface area contributed by atoms with Crippen molar-refractivity contribution < 1.29 is 32.6 Å². The van der Waals surface area contributed by atoms with Crippen molar-refractivity contribution in [2.75, 3.05) is 5.32 Å². The zero-order valence-electron chi connectivity index (χ0n) is 10.7. The van der Waals surface area contributed by atoms with Gasteiger partial charge in [-0.1, -0.05) is 6.07 Å². The molecule has 21 heavy (non-hydrogen) atoms. The van der Waals surface area contributed by atoms with Gasteiger partial charge in [-0.05, 0) is 25.0 Å². The molecule has 1 aliphatic carbocycles. The Bertz CT molecular complexity index is 559. The molecule has 0 radical (unpaired) electrons. The number of carboxylic acids is 1. The molecule has 0 spiro atoms. The van der Waals surface area contributed by atoms with Crippen LogP contribution in [0.25, 0.3) is 0 Å². The van der Waals surface area contributed by atoms with Gasteiger partial charge in [0.25, 0.3) is 0 Å². The van der Waals surface area contributed by atoms with E-state index >= 15 is 0 Å². The first-order valence-electron chi connectivity index (χ1n) is 6.16. The SMILES string of the molecule is O=C(O)C1CCC1C(=O)Nc1cccc(OC(F)(F)F)c1. The van der Waals surface area contributed by atoms with Crippen LogP contribution in [0.1, 0.15) is 12.8 Å². The highest BCUT2D eigenvalue weighted by Gasteiger charge is 2.41. The molecule has 2 unspecified atom stereocenters. The Morgan fingerprint density at radius 1 is 1.24 bits per heavy atom. The highest BCUT2D eigenvalue weighted by molar-refractivity contribution is 5.96. The number of ether oxygens (including phenoxy) is 1. The number of anilines is 1. The van der Waals surface area contributed by atoms with Crippen LogP contribution in [0.15, 0.2) is 24.3 Å². The molecular formula is C13H12F3NO4. The summed E-state index contributed by atoms with van der Waals surface area (Å²) in [6.45, 7) is 0. The molecule has 8 heteroatoms. The molecular weight excluding hydrogens is 291 g/mol. The fourth-order valence-corrected chi connectivity index (χ4v) is 2.12. The number of aliphatic carboxylic acids is 1. The van der Waals surface area contributed by atoms with Gasteiger partial charge in [0.15, 0.2) is 0 Å². The minimum absolute atomic E-state index is 0.123. The molecule has 1 aliphatic rings. The van der Waals surface area contributed by atoms with Gasteiger partial charge in [-0.3, -0.25) is 9.59 Å². The molecule has 0 bridgehead atoms. The van der Waals surface area contributed by atoms with Gasteiger partial charge in [-0.2, -0.15) is 0 Å². The van der Waals surface area contributed by atoms with Crippen LogP contribution in [0.3, 0.4) is 0 Å². The molecule has 1 aromatic carbocycles. The van der Waals surface area contributed by atoms with Crippen molar-refractivity contribution in [1.29, 1.82) is 0 Å². The third-order valence-electron chi connectivity index (χ3n) is 3.26. The maximum atomic E-state index is 12.1. The van der Waals surface area contributed by atoms with Crippen molar-refractivity contribution in [3.8, 4) is 5.75 Å². The standard InChI is InChI=1S/C13H12F3NO4/c14-13(15,16)21-8-3-1-2-7(6-8)17-11(18)9-4-5-10(9)12(19)20/h1-3,6,9-10H,4-5H2,(H,17,18)(H,19,20). The summed E-state index contributed by atoms with van der Waals surface area (Å²) in [5.41, 5.74) is 0.123. The van der Waals surface area contributed by atoms with Crippen molar-refractivity contribution in [2.24, 2.45) is 11.8 Å². The fourth-order valence-electron chi connectivity index (χ4n) is 2.12. The van der Waals surface area contributed by atoms with Crippen molar-refractivity contribution in [3.63, 3.8) is 0 Å². The second-order valence-electron chi connectivity index (χ2n) is 4.69. The van der Waals surface area contributed by atoms with Gasteiger partial charge in [0.1, 0.15) is 5.75 Å². The Morgan fingerprint density at radius 3 is 2.43 bits per heavy atom. The summed E-state index contributed by atoms with van der Waals surface area (Å²) in [6.07, 6.45) is -3.95. The summed E-state index contributed by atoms with van der Waals surface area (Å²) in [4.78, 5) is 22.7. The highest BCUT2D eigenvalue weighted by atomic mass is 19.4. The van der Waals surface area contributed by atoms with Crippen LogP contribution >= 0.6 is 0 Å². The van der Waals surface area contributed by atoms with E-state index < -0.39 is 35.8 Å². The molecule has 1 fully saturated rings. The normalized spacial score (nSPS) is 21.3. The number of carboxylic acid groups (broad SMARTS) is 1. The van der Waals surface area contributed by atoms with Crippen molar-refractivity contribution >= 4 is 17.6 Å². The molecule has 2 rings (SSSR count). The molecule has 0 aliphatic heterocycles. The van der Waals surface area contributed by atoms with Gasteiger partial charge in [-0.15, -0.1) is 13.2 Å². The minimum atomic E-state index is -4.81. The minimum Gasteiger partial charge on any atom is -0.481 e. The van der Waals surface area contributed by atoms with E-state index in [0.29, 0.717) is 12.8 Å². The van der Waals surface area contributed by atoms with Crippen LogP contribution in [0, 0.1) is 11.8 Å². The first-order valence-corrected chi connectivity index (χ1v) is 6.16. The van der Waals surface area contributed by atoms with E-state index in [9.17, 15) is 22.8 Å². The highest BCUT2D eigenvalue weighted by Crippen LogP contribution is 2.35. The topological polar surface area (TPSA) is 75.6 Å². The molecule has 2 N–H and O–H groups in total. The van der Waals surface area contributed by atoms with Crippen LogP contribution in [-0.4, -0.2) is 23.3 Å². The molecule has 0 aromatic heterocycles. The first-order chi connectivity index (χ1) is 9.76. The summed E-state index contributed by atoms with van der Waals surface area (Å²) in [5.74, 6) is -3.41. The van der Waals surface area contributed by atoms with E-state index in [0.717, 1.165) is 12.1 Å². The monoisotopic (exact) mass is 303 g/mol. The summed E-state index contributed by atoms with van der Waals surface area (Å²) in [7, 11) is 0. The number of alkyl halides is 3. The summed E-state index contributed by atoms with van der Waals surface area (Å²) in [6, 6.07) is 4.83. The maximum Gasteiger partial charge on any atom is 0.573 e. The first kappa shape index (κ1) is 15.1. The second kappa shape index (κ2) is 5.63. The number of carbonyl (C=O) groups excluding carboxylic acids is 1. The van der Waals surface area contributed by atoms with Crippen LogP contribution in [0.5, 0.6) is 5.75 Å². The molecule has 1 saturated carbocycles. The Balaban J connectivity index is 2.01. The lowest BCUT2D eigenvalue weighted by atomic mass is 9.73. The van der Waals surface area contributed by atoms with Gasteiger partial charge >= 0.3 is 12.3 Å². The van der Waals surface area contributed by atoms with Crippen molar-refractivity contribution in [1.82, 2.24) is 0 Å². The molecule has 0 saturated heterocycles. The van der Waals surface area contributed by atoms with E-state index in [1.165, 1.54) is 12.1 Å². The van der Waals surface area contributed by atoms with E-state index in [-0.39, 0.29) is 5.69 Å². The fraction of sp³-hybridized carbons (Fsp3) is 0.385. The van der Waals surface area contributed by atoms with E-state index in [1.54, 1.807) is 0 Å². The molecule has 5 nitrogen and oxygen atoms in total. The zero-order valence-corrected chi connectivity index (χ0v) is 10.7. The smallest absolute Gasteiger partial charge is 0.481 e. The van der Waals surface area contributed by atoms with Crippen LogP contribution in [0.2, 0.25) is 0 Å². The molecule has 1 amide bonds. The van der Waals surface area contributed by atoms with Crippen LogP contribution in [0.4, 0.5) is 18.9 Å². The third kappa shape index (κ3) is 3.87. The quantitative estimate of drug-likeness (QED) is 0.896. The van der Waals surface area contributed by atoms with Gasteiger partial charge in [0.05, 0.1) is 11.8 Å². The Labute approximate surface area is 117 Å². The summed E-state index contributed by atoms with van der Waals surface area (Å²) in [5, 5.41) is 11.3. The number of halogens is 3. The molecule has 0 heterocycles. The van der Waals surface area contributed by atoms with Crippen LogP contribution < -0.4 is 10.1 Å². The Kier molecular flexibility index (Phi) is 4.06. The number of benzene rings is 1. The number of hydrogen-bond donors (Lipinski definition) is 2. The van der Waals surface area contributed by atoms with Crippen molar-refractivity contribution in [3.05, 3.63) is 24.3 Å². The second-order valence-corrected chi connectivity index (χ2v) is 4.69. The predicted molar refractivity (Wildman–Crippen MR) is 65.6 cm³/mol. The third-order valence-corrected chi connectivity index (χ3v) is 3.26. The molecule has 1 aromatic rings. The van der Waals surface area contributed by atoms with E-state index in [4.69, 9.17) is 5.11 Å². The van der Waals surface area contributed by atoms with E-state index in [2.05, 4.69) is 10.1 Å². The Morgan fingerprint density at radius 2 is 1.90 bits per heavy atom. The van der Waals surface area contributed by atoms with E-state index in [1.807, 2.05) is 0 Å². The number of nitrogens with one attached hydrogen (secondary N) is 1. The number of hydrogen-bond acceptors (Lipinski definition) is 3. The summed E-state index contributed by atoms with van der Waals surface area (Å²) < 4.78 is 40.0. The number of carbonyl (C=O) groups is 2. The number of rotatable bonds is 4. The largest absolute Gasteiger partial charge is 0.573 e. The Hall–Kier alpha value is -2.25. The number of amides is 1. The zero-order chi connectivity index (χ0) is 15.6. The van der Waals surface area contributed by atoms with Gasteiger partial charge in [0, 0.05) is 11.8 Å². The summed E-state index contributed by atoms with van der Waals surface area (Å²) >= 11 is 0. The van der Waals surface area contributed by atoms with Gasteiger partial charge in [0.2, 0.25) is 5.91 Å². The predicted octanol–water partition coefficient (Wildman–Crippen LogP) is 2.63. The van der Waals surface area contributed by atoms with Crippen LogP contribution in [-0.2, 0) is 9.59 Å².